The highest BCUT2D eigenvalue weighted by atomic mass is 35.5. The van der Waals surface area contributed by atoms with Gasteiger partial charge in [0, 0.05) is 43.8 Å². The first kappa shape index (κ1) is 20.6. The Bertz CT molecular complexity index is 785. The number of amides is 1. The quantitative estimate of drug-likeness (QED) is 0.722. The van der Waals surface area contributed by atoms with E-state index in [4.69, 9.17) is 16.3 Å². The summed E-state index contributed by atoms with van der Waals surface area (Å²) in [7, 11) is 3.73. The molecular weight excluding hydrogens is 374 g/mol. The third-order valence-electron chi connectivity index (χ3n) is 5.19. The van der Waals surface area contributed by atoms with Gasteiger partial charge in [-0.2, -0.15) is 0 Å². The fourth-order valence-electron chi connectivity index (χ4n) is 3.65. The number of rotatable bonds is 7. The van der Waals surface area contributed by atoms with Crippen LogP contribution in [-0.2, 0) is 0 Å². The van der Waals surface area contributed by atoms with Gasteiger partial charge in [0.2, 0.25) is 0 Å². The van der Waals surface area contributed by atoms with Gasteiger partial charge in [0.1, 0.15) is 5.75 Å². The highest BCUT2D eigenvalue weighted by Gasteiger charge is 2.26. The molecule has 1 N–H and O–H groups in total. The number of carbonyl (C=O) groups is 1. The van der Waals surface area contributed by atoms with Crippen LogP contribution in [0.1, 0.15) is 28.4 Å². The van der Waals surface area contributed by atoms with Gasteiger partial charge in [-0.15, -0.1) is 0 Å². The minimum absolute atomic E-state index is 0.155. The number of nitrogens with one attached hydrogen (secondary N) is 1. The zero-order valence-corrected chi connectivity index (χ0v) is 17.3. The number of likely N-dealkylation sites (N-methyl/N-ethyl adjacent to an activating group) is 1. The van der Waals surface area contributed by atoms with E-state index in [2.05, 4.69) is 52.5 Å². The van der Waals surface area contributed by atoms with Crippen molar-refractivity contribution in [2.75, 3.05) is 46.9 Å². The second kappa shape index (κ2) is 9.92. The van der Waals surface area contributed by atoms with Gasteiger partial charge in [-0.25, -0.2) is 0 Å². The predicted octanol–water partition coefficient (Wildman–Crippen LogP) is 3.46. The van der Waals surface area contributed by atoms with Crippen LogP contribution in [0.3, 0.4) is 0 Å². The topological polar surface area (TPSA) is 44.8 Å². The maximum absolute atomic E-state index is 12.5. The number of hydrogen-bond acceptors (Lipinski definition) is 4. The predicted molar refractivity (Wildman–Crippen MR) is 113 cm³/mol. The molecule has 2 aromatic rings. The van der Waals surface area contributed by atoms with Gasteiger partial charge < -0.3 is 15.0 Å². The summed E-state index contributed by atoms with van der Waals surface area (Å²) in [6.45, 7) is 4.68. The Morgan fingerprint density at radius 3 is 2.75 bits per heavy atom. The Morgan fingerprint density at radius 1 is 1.21 bits per heavy atom. The first-order valence-electron chi connectivity index (χ1n) is 9.67. The van der Waals surface area contributed by atoms with E-state index in [0.29, 0.717) is 28.9 Å². The molecule has 0 aliphatic carbocycles. The lowest BCUT2D eigenvalue weighted by Gasteiger charge is -2.40. The smallest absolute Gasteiger partial charge is 0.255 e. The van der Waals surface area contributed by atoms with Gasteiger partial charge in [0.15, 0.2) is 0 Å². The van der Waals surface area contributed by atoms with Crippen molar-refractivity contribution in [3.8, 4) is 5.75 Å². The van der Waals surface area contributed by atoms with Crippen molar-refractivity contribution in [2.24, 2.45) is 0 Å². The lowest BCUT2D eigenvalue weighted by molar-refractivity contribution is 0.0865. The molecule has 0 spiro atoms. The van der Waals surface area contributed by atoms with Gasteiger partial charge in [-0.3, -0.25) is 9.69 Å². The number of carbonyl (C=O) groups excluding carboxylic acids is 1. The van der Waals surface area contributed by atoms with Crippen molar-refractivity contribution in [3.05, 3.63) is 64.7 Å². The molecule has 150 valence electrons. The van der Waals surface area contributed by atoms with Crippen molar-refractivity contribution in [2.45, 2.75) is 12.5 Å². The van der Waals surface area contributed by atoms with E-state index >= 15 is 0 Å². The van der Waals surface area contributed by atoms with Gasteiger partial charge in [-0.05, 0) is 37.2 Å². The molecule has 0 saturated carbocycles. The molecule has 2 aromatic carbocycles. The number of hydrogen-bond donors (Lipinski definition) is 1. The third kappa shape index (κ3) is 5.25. The van der Waals surface area contributed by atoms with Crippen LogP contribution >= 0.6 is 11.6 Å². The Hall–Kier alpha value is -2.08. The molecule has 5 nitrogen and oxygen atoms in total. The molecule has 0 radical (unpaired) electrons. The Balaban J connectivity index is 1.54. The van der Waals surface area contributed by atoms with E-state index in [9.17, 15) is 4.79 Å². The van der Waals surface area contributed by atoms with E-state index in [0.717, 1.165) is 32.6 Å². The van der Waals surface area contributed by atoms with E-state index in [-0.39, 0.29) is 5.91 Å². The Labute approximate surface area is 172 Å². The highest BCUT2D eigenvalue weighted by Crippen LogP contribution is 2.25. The molecule has 0 aromatic heterocycles. The third-order valence-corrected chi connectivity index (χ3v) is 5.43. The van der Waals surface area contributed by atoms with Crippen molar-refractivity contribution in [1.82, 2.24) is 15.1 Å². The summed E-state index contributed by atoms with van der Waals surface area (Å²) in [5, 5.41) is 3.51. The zero-order valence-electron chi connectivity index (χ0n) is 16.5. The molecule has 3 rings (SSSR count). The van der Waals surface area contributed by atoms with Gasteiger partial charge in [0.25, 0.3) is 5.91 Å². The molecule has 1 aliphatic rings. The summed E-state index contributed by atoms with van der Waals surface area (Å²) in [5.74, 6) is 0.377. The van der Waals surface area contributed by atoms with Crippen molar-refractivity contribution in [1.29, 1.82) is 0 Å². The number of benzene rings is 2. The zero-order chi connectivity index (χ0) is 19.9. The van der Waals surface area contributed by atoms with Crippen LogP contribution in [0.2, 0.25) is 5.02 Å². The molecule has 1 saturated heterocycles. The lowest BCUT2D eigenvalue weighted by Crippen LogP contribution is -2.47. The number of ether oxygens (including phenoxy) is 1. The molecular formula is C22H28ClN3O2. The lowest BCUT2D eigenvalue weighted by atomic mass is 10.0. The number of nitrogens with zero attached hydrogens (tertiary/aromatic N) is 2. The average Bonchev–Trinajstić information content (AvgIpc) is 2.72. The Kier molecular flexibility index (Phi) is 7.31. The summed E-state index contributed by atoms with van der Waals surface area (Å²) in [5.41, 5.74) is 1.82. The standard InChI is InChI=1S/C22H28ClN3O2/c1-25-13-14-26(20(16-25)17-7-4-3-5-8-17)12-6-11-24-22(27)19-15-18(23)9-10-21(19)28-2/h3-5,7-10,15,20H,6,11-14,16H2,1-2H3,(H,24,27). The van der Waals surface area contributed by atoms with Crippen LogP contribution in [0, 0.1) is 0 Å². The average molecular weight is 402 g/mol. The minimum atomic E-state index is -0.155. The van der Waals surface area contributed by atoms with Crippen LogP contribution in [0.5, 0.6) is 5.75 Å². The molecule has 0 bridgehead atoms. The largest absolute Gasteiger partial charge is 0.496 e. The van der Waals surface area contributed by atoms with Crippen molar-refractivity contribution in [3.63, 3.8) is 0 Å². The molecule has 1 amide bonds. The van der Waals surface area contributed by atoms with Crippen molar-refractivity contribution < 1.29 is 9.53 Å². The molecule has 1 atom stereocenters. The van der Waals surface area contributed by atoms with E-state index in [1.165, 1.54) is 5.56 Å². The normalized spacial score (nSPS) is 18.0. The SMILES string of the molecule is COc1ccc(Cl)cc1C(=O)NCCCN1CCN(C)CC1c1ccccc1. The van der Waals surface area contributed by atoms with E-state index in [1.54, 1.807) is 25.3 Å². The fraction of sp³-hybridized carbons (Fsp3) is 0.409. The van der Waals surface area contributed by atoms with Crippen molar-refractivity contribution >= 4 is 17.5 Å². The highest BCUT2D eigenvalue weighted by molar-refractivity contribution is 6.31. The molecule has 1 aliphatic heterocycles. The summed E-state index contributed by atoms with van der Waals surface area (Å²) < 4.78 is 5.26. The molecule has 6 heteroatoms. The summed E-state index contributed by atoms with van der Waals surface area (Å²) in [6.07, 6.45) is 0.891. The van der Waals surface area contributed by atoms with Crippen LogP contribution in [0.15, 0.2) is 48.5 Å². The summed E-state index contributed by atoms with van der Waals surface area (Å²) in [4.78, 5) is 17.4. The number of methoxy groups -OCH3 is 1. The molecule has 1 fully saturated rings. The van der Waals surface area contributed by atoms with Crippen LogP contribution < -0.4 is 10.1 Å². The first-order chi connectivity index (χ1) is 13.6. The fourth-order valence-corrected chi connectivity index (χ4v) is 3.83. The van der Waals surface area contributed by atoms with Crippen LogP contribution in [0.25, 0.3) is 0 Å². The number of halogens is 1. The summed E-state index contributed by atoms with van der Waals surface area (Å²) in [6, 6.07) is 16.1. The van der Waals surface area contributed by atoms with Gasteiger partial charge >= 0.3 is 0 Å². The van der Waals surface area contributed by atoms with E-state index in [1.807, 2.05) is 0 Å². The van der Waals surface area contributed by atoms with Gasteiger partial charge in [-0.1, -0.05) is 41.9 Å². The minimum Gasteiger partial charge on any atom is -0.496 e. The maximum Gasteiger partial charge on any atom is 0.255 e. The first-order valence-corrected chi connectivity index (χ1v) is 10.1. The molecule has 1 unspecified atom stereocenters. The monoisotopic (exact) mass is 401 g/mol. The van der Waals surface area contributed by atoms with E-state index < -0.39 is 0 Å². The second-order valence-corrected chi connectivity index (χ2v) is 7.62. The Morgan fingerprint density at radius 2 is 2.00 bits per heavy atom. The summed E-state index contributed by atoms with van der Waals surface area (Å²) >= 11 is 6.02. The number of piperazine rings is 1. The second-order valence-electron chi connectivity index (χ2n) is 7.18. The van der Waals surface area contributed by atoms with Crippen LogP contribution in [0.4, 0.5) is 0 Å². The van der Waals surface area contributed by atoms with Gasteiger partial charge in [0.05, 0.1) is 12.7 Å². The van der Waals surface area contributed by atoms with Crippen LogP contribution in [-0.4, -0.2) is 62.6 Å². The maximum atomic E-state index is 12.5. The molecule has 1 heterocycles. The molecule has 28 heavy (non-hydrogen) atoms.